The van der Waals surface area contributed by atoms with Crippen LogP contribution in [0.3, 0.4) is 0 Å². The first kappa shape index (κ1) is 31.3. The number of para-hydroxylation sites is 2. The van der Waals surface area contributed by atoms with E-state index in [2.05, 4.69) is 114 Å². The van der Waals surface area contributed by atoms with E-state index in [9.17, 15) is 0 Å². The summed E-state index contributed by atoms with van der Waals surface area (Å²) in [6.45, 7) is 0. The van der Waals surface area contributed by atoms with Gasteiger partial charge in [-0.2, -0.15) is 0 Å². The Morgan fingerprint density at radius 1 is 0.455 bits per heavy atom. The number of fused-ring (bicyclic) bond motifs is 8. The minimum Gasteiger partial charge on any atom is -0.449 e. The number of aryl methyl sites for hydroxylation is 1. The monoisotopic (exact) mass is 707 g/mol. The first-order valence-corrected chi connectivity index (χ1v) is 18.7. The summed E-state index contributed by atoms with van der Waals surface area (Å²) in [5, 5.41) is 1.16. The maximum absolute atomic E-state index is 6.67. The molecule has 0 saturated heterocycles. The smallest absolute Gasteiger partial charge is 0.194 e. The number of benzene rings is 7. The van der Waals surface area contributed by atoms with Crippen molar-refractivity contribution in [1.29, 1.82) is 0 Å². The predicted octanol–water partition coefficient (Wildman–Crippen LogP) is 12.8. The topological polar surface area (TPSA) is 49.2 Å². The fraction of sp³-hybridized carbons (Fsp3) is 0.0400. The molecule has 2 aromatic heterocycles. The second-order valence-corrected chi connectivity index (χ2v) is 14.1. The lowest BCUT2D eigenvalue weighted by atomic mass is 9.88. The van der Waals surface area contributed by atoms with Crippen LogP contribution in [0.25, 0.3) is 72.7 Å². The Morgan fingerprint density at radius 2 is 1.04 bits per heavy atom. The lowest BCUT2D eigenvalue weighted by Crippen LogP contribution is -2.08. The largest absolute Gasteiger partial charge is 0.449 e. The maximum Gasteiger partial charge on any atom is 0.194 e. The number of nitrogens with zero attached hydrogens (tertiary/aromatic N) is 3. The second-order valence-electron chi connectivity index (χ2n) is 14.1. The standard InChI is InChI=1S/C50H33N3O2/c1-3-12-35(13-4-1)41-31-42(36-14-5-2-6-15-36)52-50(51-41)37-21-19-32(20-22-37)33-23-26-38(27-24-33)53-43-29-25-34-11-7-8-16-39(34)47(43)40-28-30-46-49(48(40)53)55-45-18-10-9-17-44(45)54-46/h1-24,26-28,30-31H,25,29H2. The van der Waals surface area contributed by atoms with Crippen molar-refractivity contribution in [3.63, 3.8) is 0 Å². The van der Waals surface area contributed by atoms with Crippen molar-refractivity contribution in [2.45, 2.75) is 12.8 Å². The van der Waals surface area contributed by atoms with Gasteiger partial charge in [0.2, 0.25) is 0 Å². The van der Waals surface area contributed by atoms with Gasteiger partial charge in [0.05, 0.1) is 11.4 Å². The lowest BCUT2D eigenvalue weighted by Gasteiger charge is -2.22. The molecular formula is C50H33N3O2. The van der Waals surface area contributed by atoms with E-state index in [1.54, 1.807) is 0 Å². The van der Waals surface area contributed by atoms with Crippen LogP contribution in [0, 0.1) is 0 Å². The van der Waals surface area contributed by atoms with Crippen LogP contribution in [0.2, 0.25) is 0 Å². The zero-order valence-corrected chi connectivity index (χ0v) is 29.8. The summed E-state index contributed by atoms with van der Waals surface area (Å²) in [5.74, 6) is 3.62. The van der Waals surface area contributed by atoms with Gasteiger partial charge in [0.1, 0.15) is 5.52 Å². The van der Waals surface area contributed by atoms with Crippen LogP contribution in [-0.2, 0) is 12.8 Å². The molecule has 5 nitrogen and oxygen atoms in total. The normalized spacial score (nSPS) is 12.5. The van der Waals surface area contributed by atoms with Gasteiger partial charge in [-0.3, -0.25) is 0 Å². The minimum atomic E-state index is 0.699. The molecule has 0 N–H and O–H groups in total. The third kappa shape index (κ3) is 5.32. The summed E-state index contributed by atoms with van der Waals surface area (Å²) >= 11 is 0. The number of aromatic nitrogens is 3. The highest BCUT2D eigenvalue weighted by Gasteiger charge is 2.30. The first-order valence-electron chi connectivity index (χ1n) is 18.7. The third-order valence-corrected chi connectivity index (χ3v) is 10.8. The molecule has 0 saturated carbocycles. The Morgan fingerprint density at radius 3 is 1.73 bits per heavy atom. The fourth-order valence-corrected chi connectivity index (χ4v) is 8.17. The second kappa shape index (κ2) is 12.7. The molecule has 11 rings (SSSR count). The minimum absolute atomic E-state index is 0.699. The summed E-state index contributed by atoms with van der Waals surface area (Å²) in [6.07, 6.45) is 1.91. The van der Waals surface area contributed by atoms with E-state index in [0.717, 1.165) is 91.6 Å². The highest BCUT2D eigenvalue weighted by atomic mass is 16.6. The zero-order valence-electron chi connectivity index (χ0n) is 29.8. The van der Waals surface area contributed by atoms with Crippen molar-refractivity contribution >= 4 is 10.9 Å². The van der Waals surface area contributed by atoms with Crippen LogP contribution in [-0.4, -0.2) is 14.5 Å². The van der Waals surface area contributed by atoms with Crippen molar-refractivity contribution in [1.82, 2.24) is 14.5 Å². The van der Waals surface area contributed by atoms with Crippen LogP contribution in [0.1, 0.15) is 11.3 Å². The molecule has 2 aliphatic rings. The Kier molecular flexibility index (Phi) is 7.24. The summed E-state index contributed by atoms with van der Waals surface area (Å²) < 4.78 is 15.5. The molecule has 5 heteroatoms. The van der Waals surface area contributed by atoms with Crippen molar-refractivity contribution in [3.8, 4) is 84.8 Å². The third-order valence-electron chi connectivity index (χ3n) is 10.8. The average molecular weight is 708 g/mol. The Balaban J connectivity index is 0.983. The quantitative estimate of drug-likeness (QED) is 0.179. The van der Waals surface area contributed by atoms with Gasteiger partial charge in [0.15, 0.2) is 28.8 Å². The van der Waals surface area contributed by atoms with Gasteiger partial charge in [-0.25, -0.2) is 9.97 Å². The number of hydrogen-bond donors (Lipinski definition) is 0. The summed E-state index contributed by atoms with van der Waals surface area (Å²) in [6, 6.07) is 61.0. The highest BCUT2D eigenvalue weighted by Crippen LogP contribution is 2.53. The van der Waals surface area contributed by atoms with Crippen LogP contribution in [0.15, 0.2) is 176 Å². The average Bonchev–Trinajstić information content (AvgIpc) is 3.62. The Labute approximate surface area is 318 Å². The van der Waals surface area contributed by atoms with Crippen LogP contribution in [0.5, 0.6) is 23.0 Å². The highest BCUT2D eigenvalue weighted by molar-refractivity contribution is 6.04. The van der Waals surface area contributed by atoms with Gasteiger partial charge >= 0.3 is 0 Å². The van der Waals surface area contributed by atoms with Gasteiger partial charge in [-0.05, 0) is 77.6 Å². The van der Waals surface area contributed by atoms with Crippen LogP contribution >= 0.6 is 0 Å². The van der Waals surface area contributed by atoms with E-state index in [4.69, 9.17) is 19.4 Å². The van der Waals surface area contributed by atoms with E-state index in [1.165, 1.54) is 22.4 Å². The molecule has 0 spiro atoms. The first-order chi connectivity index (χ1) is 27.2. The molecule has 0 radical (unpaired) electrons. The molecule has 3 heterocycles. The zero-order chi connectivity index (χ0) is 36.3. The predicted molar refractivity (Wildman–Crippen MR) is 220 cm³/mol. The molecule has 7 aromatic carbocycles. The molecule has 0 atom stereocenters. The van der Waals surface area contributed by atoms with E-state index in [0.29, 0.717) is 5.82 Å². The summed E-state index contributed by atoms with van der Waals surface area (Å²) in [7, 11) is 0. The van der Waals surface area contributed by atoms with E-state index in [-0.39, 0.29) is 0 Å². The molecule has 55 heavy (non-hydrogen) atoms. The van der Waals surface area contributed by atoms with E-state index in [1.807, 2.05) is 66.7 Å². The van der Waals surface area contributed by atoms with Crippen molar-refractivity contribution in [2.75, 3.05) is 0 Å². The maximum atomic E-state index is 6.67. The van der Waals surface area contributed by atoms with Crippen molar-refractivity contribution in [3.05, 3.63) is 187 Å². The molecule has 9 aromatic rings. The van der Waals surface area contributed by atoms with Gasteiger partial charge in [-0.15, -0.1) is 0 Å². The molecule has 1 aliphatic heterocycles. The van der Waals surface area contributed by atoms with Gasteiger partial charge in [0, 0.05) is 39.0 Å². The summed E-state index contributed by atoms with van der Waals surface area (Å²) in [4.78, 5) is 10.1. The van der Waals surface area contributed by atoms with Gasteiger partial charge in [-0.1, -0.05) is 133 Å². The Bertz CT molecular complexity index is 2840. The molecule has 0 bridgehead atoms. The molecule has 0 amide bonds. The van der Waals surface area contributed by atoms with Gasteiger partial charge < -0.3 is 14.0 Å². The van der Waals surface area contributed by atoms with Crippen molar-refractivity contribution < 1.29 is 9.47 Å². The van der Waals surface area contributed by atoms with Crippen LogP contribution in [0.4, 0.5) is 0 Å². The van der Waals surface area contributed by atoms with Crippen molar-refractivity contribution in [2.24, 2.45) is 0 Å². The fourth-order valence-electron chi connectivity index (χ4n) is 8.17. The molecule has 1 aliphatic carbocycles. The molecule has 260 valence electrons. The lowest BCUT2D eigenvalue weighted by molar-refractivity contribution is 0.362. The SMILES string of the molecule is c1ccc(-c2cc(-c3ccccc3)nc(-c3ccc(-c4ccc(-n5c6c(c7ccc8c(c75)Oc5ccccc5O8)-c5ccccc5CC6)cc4)cc3)n2)cc1. The number of hydrogen-bond acceptors (Lipinski definition) is 4. The van der Waals surface area contributed by atoms with E-state index >= 15 is 0 Å². The number of ether oxygens (including phenoxy) is 2. The number of rotatable bonds is 5. The molecule has 0 fully saturated rings. The van der Waals surface area contributed by atoms with E-state index < -0.39 is 0 Å². The molecular weight excluding hydrogens is 675 g/mol. The molecule has 0 unspecified atom stereocenters. The van der Waals surface area contributed by atoms with Crippen LogP contribution < -0.4 is 9.47 Å². The van der Waals surface area contributed by atoms with Gasteiger partial charge in [0.25, 0.3) is 0 Å². The summed E-state index contributed by atoms with van der Waals surface area (Å²) in [5.41, 5.74) is 14.5. The Hall–Kier alpha value is -7.24.